The fourth-order valence-corrected chi connectivity index (χ4v) is 3.55. The molecule has 1 amide bonds. The van der Waals surface area contributed by atoms with E-state index in [4.69, 9.17) is 4.74 Å². The molecule has 0 bridgehead atoms. The summed E-state index contributed by atoms with van der Waals surface area (Å²) in [5.74, 6) is 0.139. The van der Waals surface area contributed by atoms with Crippen molar-refractivity contribution in [3.8, 4) is 5.75 Å². The molecule has 0 aromatic heterocycles. The summed E-state index contributed by atoms with van der Waals surface area (Å²) in [5.41, 5.74) is 2.45. The Bertz CT molecular complexity index is 1080. The van der Waals surface area contributed by atoms with Crippen molar-refractivity contribution in [2.75, 3.05) is 0 Å². The zero-order valence-corrected chi connectivity index (χ0v) is 16.2. The molecule has 29 heavy (non-hydrogen) atoms. The van der Waals surface area contributed by atoms with Crippen molar-refractivity contribution in [1.82, 2.24) is 5.32 Å². The van der Waals surface area contributed by atoms with Gasteiger partial charge in [0.2, 0.25) is 0 Å². The third kappa shape index (κ3) is 4.92. The number of benzene rings is 3. The van der Waals surface area contributed by atoms with E-state index in [2.05, 4.69) is 10.3 Å². The minimum absolute atomic E-state index is 0.228. The number of aliphatic imine (C=N–C) groups is 1. The number of hydrogen-bond donors (Lipinski definition) is 1. The fourth-order valence-electron chi connectivity index (χ4n) is 2.72. The Labute approximate surface area is 172 Å². The Kier molecular flexibility index (Phi) is 5.72. The molecule has 3 aromatic rings. The van der Waals surface area contributed by atoms with Gasteiger partial charge in [-0.1, -0.05) is 48.5 Å². The lowest BCUT2D eigenvalue weighted by Crippen LogP contribution is -2.19. The lowest BCUT2D eigenvalue weighted by molar-refractivity contribution is -0.115. The molecule has 0 radical (unpaired) electrons. The van der Waals surface area contributed by atoms with E-state index in [-0.39, 0.29) is 11.7 Å². The Hall–Kier alpha value is -3.38. The van der Waals surface area contributed by atoms with Crippen molar-refractivity contribution >= 4 is 34.6 Å². The molecule has 0 atom stereocenters. The molecule has 144 valence electrons. The van der Waals surface area contributed by atoms with E-state index in [0.717, 1.165) is 11.1 Å². The Balaban J connectivity index is 1.52. The number of amidine groups is 1. The summed E-state index contributed by atoms with van der Waals surface area (Å²) in [6, 6.07) is 23.2. The molecule has 0 saturated carbocycles. The normalized spacial score (nSPS) is 16.2. The van der Waals surface area contributed by atoms with Crippen molar-refractivity contribution in [2.45, 2.75) is 6.61 Å². The van der Waals surface area contributed by atoms with E-state index in [9.17, 15) is 9.18 Å². The fraction of sp³-hybridized carbons (Fsp3) is 0.0435. The number of carbonyl (C=O) groups excluding carboxylic acids is 1. The van der Waals surface area contributed by atoms with Gasteiger partial charge in [0, 0.05) is 5.56 Å². The number of thioether (sulfide) groups is 1. The van der Waals surface area contributed by atoms with Gasteiger partial charge in [-0.3, -0.25) is 4.79 Å². The molecular weight excluding hydrogens is 387 g/mol. The van der Waals surface area contributed by atoms with Crippen molar-refractivity contribution < 1.29 is 13.9 Å². The van der Waals surface area contributed by atoms with Gasteiger partial charge in [-0.05, 0) is 53.7 Å². The predicted molar refractivity (Wildman–Crippen MR) is 114 cm³/mol. The molecule has 4 rings (SSSR count). The third-order valence-corrected chi connectivity index (χ3v) is 5.06. The first-order chi connectivity index (χ1) is 14.2. The molecule has 1 saturated heterocycles. The molecule has 1 aliphatic heterocycles. The van der Waals surface area contributed by atoms with Crippen molar-refractivity contribution in [2.24, 2.45) is 4.99 Å². The van der Waals surface area contributed by atoms with E-state index in [1.807, 2.05) is 54.6 Å². The highest BCUT2D eigenvalue weighted by Crippen LogP contribution is 2.30. The lowest BCUT2D eigenvalue weighted by atomic mass is 10.2. The molecule has 0 unspecified atom stereocenters. The monoisotopic (exact) mass is 404 g/mol. The van der Waals surface area contributed by atoms with Crippen LogP contribution in [-0.4, -0.2) is 11.1 Å². The van der Waals surface area contributed by atoms with Crippen LogP contribution in [0.25, 0.3) is 6.08 Å². The van der Waals surface area contributed by atoms with E-state index in [1.165, 1.54) is 23.9 Å². The van der Waals surface area contributed by atoms with Crippen LogP contribution in [0.1, 0.15) is 11.1 Å². The molecule has 1 heterocycles. The Morgan fingerprint density at radius 1 is 0.966 bits per heavy atom. The van der Waals surface area contributed by atoms with E-state index in [1.54, 1.807) is 18.2 Å². The zero-order chi connectivity index (χ0) is 20.1. The van der Waals surface area contributed by atoms with E-state index < -0.39 is 0 Å². The number of ether oxygens (including phenoxy) is 1. The number of carbonyl (C=O) groups is 1. The maximum atomic E-state index is 13.0. The number of hydrogen-bond acceptors (Lipinski definition) is 4. The van der Waals surface area contributed by atoms with Gasteiger partial charge in [0.15, 0.2) is 5.17 Å². The van der Waals surface area contributed by atoms with E-state index >= 15 is 0 Å². The highest BCUT2D eigenvalue weighted by atomic mass is 32.2. The van der Waals surface area contributed by atoms with Gasteiger partial charge in [0.25, 0.3) is 5.91 Å². The maximum Gasteiger partial charge on any atom is 0.264 e. The molecule has 1 fully saturated rings. The summed E-state index contributed by atoms with van der Waals surface area (Å²) < 4.78 is 19.0. The summed E-state index contributed by atoms with van der Waals surface area (Å²) in [5, 5.41) is 3.19. The SMILES string of the molecule is O=C1NC(=Nc2ccc(F)cc2)S/C1=C/c1ccccc1OCc1ccccc1. The summed E-state index contributed by atoms with van der Waals surface area (Å²) in [7, 11) is 0. The topological polar surface area (TPSA) is 50.7 Å². The smallest absolute Gasteiger partial charge is 0.264 e. The molecule has 4 nitrogen and oxygen atoms in total. The first-order valence-electron chi connectivity index (χ1n) is 8.98. The number of rotatable bonds is 5. The summed E-state index contributed by atoms with van der Waals surface area (Å²) in [4.78, 5) is 17.2. The molecule has 0 spiro atoms. The minimum atomic E-state index is -0.329. The predicted octanol–water partition coefficient (Wildman–Crippen LogP) is 5.30. The summed E-state index contributed by atoms with van der Waals surface area (Å²) in [6.45, 7) is 0.442. The number of halogens is 1. The second kappa shape index (κ2) is 8.75. The van der Waals surface area contributed by atoms with Gasteiger partial charge in [0.1, 0.15) is 18.2 Å². The first kappa shape index (κ1) is 19.0. The number of amides is 1. The van der Waals surface area contributed by atoms with Crippen molar-refractivity contribution in [1.29, 1.82) is 0 Å². The van der Waals surface area contributed by atoms with Gasteiger partial charge in [0.05, 0.1) is 10.6 Å². The second-order valence-corrected chi connectivity index (χ2v) is 7.30. The average molecular weight is 404 g/mol. The van der Waals surface area contributed by atoms with Gasteiger partial charge in [-0.25, -0.2) is 9.38 Å². The number of para-hydroxylation sites is 1. The maximum absolute atomic E-state index is 13.0. The van der Waals surface area contributed by atoms with Crippen LogP contribution in [0.15, 0.2) is 88.8 Å². The molecule has 1 aliphatic rings. The highest BCUT2D eigenvalue weighted by molar-refractivity contribution is 8.18. The first-order valence-corrected chi connectivity index (χ1v) is 9.80. The largest absolute Gasteiger partial charge is 0.488 e. The van der Waals surface area contributed by atoms with Gasteiger partial charge in [-0.2, -0.15) is 0 Å². The Morgan fingerprint density at radius 2 is 1.69 bits per heavy atom. The minimum Gasteiger partial charge on any atom is -0.488 e. The second-order valence-electron chi connectivity index (χ2n) is 6.27. The van der Waals surface area contributed by atoms with Gasteiger partial charge in [-0.15, -0.1) is 0 Å². The standard InChI is InChI=1S/C23H17FN2O2S/c24-18-10-12-19(13-11-18)25-23-26-22(27)21(29-23)14-17-8-4-5-9-20(17)28-15-16-6-2-1-3-7-16/h1-14H,15H2,(H,25,26,27)/b21-14+. The zero-order valence-electron chi connectivity index (χ0n) is 15.3. The summed E-state index contributed by atoms with van der Waals surface area (Å²) in [6.07, 6.45) is 1.79. The van der Waals surface area contributed by atoms with Gasteiger partial charge < -0.3 is 10.1 Å². The van der Waals surface area contributed by atoms with Crippen LogP contribution in [0.2, 0.25) is 0 Å². The van der Waals surface area contributed by atoms with Crippen LogP contribution >= 0.6 is 11.8 Å². The van der Waals surface area contributed by atoms with Crippen LogP contribution in [0.4, 0.5) is 10.1 Å². The van der Waals surface area contributed by atoms with Crippen LogP contribution in [0, 0.1) is 5.82 Å². The quantitative estimate of drug-likeness (QED) is 0.588. The molecular formula is C23H17FN2O2S. The van der Waals surface area contributed by atoms with Crippen molar-refractivity contribution in [3.63, 3.8) is 0 Å². The molecule has 0 aliphatic carbocycles. The number of nitrogens with one attached hydrogen (secondary N) is 1. The van der Waals surface area contributed by atoms with Crippen LogP contribution < -0.4 is 10.1 Å². The van der Waals surface area contributed by atoms with Gasteiger partial charge >= 0.3 is 0 Å². The lowest BCUT2D eigenvalue weighted by Gasteiger charge is -2.09. The molecule has 6 heteroatoms. The van der Waals surface area contributed by atoms with E-state index in [0.29, 0.717) is 28.1 Å². The number of nitrogens with zero attached hydrogens (tertiary/aromatic N) is 1. The average Bonchev–Trinajstić information content (AvgIpc) is 3.08. The highest BCUT2D eigenvalue weighted by Gasteiger charge is 2.24. The van der Waals surface area contributed by atoms with Crippen LogP contribution in [0.3, 0.4) is 0 Å². The van der Waals surface area contributed by atoms with Crippen molar-refractivity contribution in [3.05, 3.63) is 101 Å². The third-order valence-electron chi connectivity index (χ3n) is 4.15. The molecule has 1 N–H and O–H groups in total. The Morgan fingerprint density at radius 3 is 2.48 bits per heavy atom. The van der Waals surface area contributed by atoms with Crippen LogP contribution in [0.5, 0.6) is 5.75 Å². The molecule has 3 aromatic carbocycles. The summed E-state index contributed by atoms with van der Waals surface area (Å²) >= 11 is 1.24. The van der Waals surface area contributed by atoms with Crippen LogP contribution in [-0.2, 0) is 11.4 Å².